The van der Waals surface area contributed by atoms with E-state index < -0.39 is 15.8 Å². The molecule has 1 fully saturated rings. The van der Waals surface area contributed by atoms with Crippen LogP contribution in [0.3, 0.4) is 0 Å². The molecule has 0 bridgehead atoms. The zero-order valence-electron chi connectivity index (χ0n) is 16.3. The van der Waals surface area contributed by atoms with Gasteiger partial charge in [0.15, 0.2) is 5.76 Å². The van der Waals surface area contributed by atoms with Crippen molar-refractivity contribution in [2.75, 3.05) is 17.8 Å². The number of aromatic nitrogens is 2. The highest BCUT2D eigenvalue weighted by molar-refractivity contribution is 7.92. The van der Waals surface area contributed by atoms with E-state index in [1.165, 1.54) is 37.4 Å². The number of nitrogens with zero attached hydrogens (tertiary/aromatic N) is 2. The van der Waals surface area contributed by atoms with Crippen LogP contribution in [-0.4, -0.2) is 42.5 Å². The summed E-state index contributed by atoms with van der Waals surface area (Å²) >= 11 is 0. The van der Waals surface area contributed by atoms with Crippen molar-refractivity contribution < 1.29 is 22.0 Å². The summed E-state index contributed by atoms with van der Waals surface area (Å²) in [6, 6.07) is 6.49. The number of halogens is 1. The van der Waals surface area contributed by atoms with E-state index in [-0.39, 0.29) is 28.0 Å². The van der Waals surface area contributed by atoms with Crippen LogP contribution in [0, 0.1) is 12.7 Å². The van der Waals surface area contributed by atoms with Gasteiger partial charge in [0, 0.05) is 19.2 Å². The first-order valence-corrected chi connectivity index (χ1v) is 11.1. The zero-order valence-corrected chi connectivity index (χ0v) is 17.1. The lowest BCUT2D eigenvalue weighted by Gasteiger charge is -2.26. The molecule has 0 aliphatic carbocycles. The van der Waals surface area contributed by atoms with Crippen molar-refractivity contribution in [2.45, 2.75) is 31.1 Å². The van der Waals surface area contributed by atoms with E-state index in [2.05, 4.69) is 14.9 Å². The molecule has 2 aromatic heterocycles. The number of amides is 1. The van der Waals surface area contributed by atoms with Crippen molar-refractivity contribution in [3.63, 3.8) is 0 Å². The molecule has 1 aromatic carbocycles. The SMILES string of the molecule is Cc1oc(-c2[nH]ncc2C(=O)N2CCCCC2)cc1S(=O)(=O)Nc1cccc(F)c1. The Bertz CT molecular complexity index is 1180. The van der Waals surface area contributed by atoms with Crippen molar-refractivity contribution in [2.24, 2.45) is 0 Å². The summed E-state index contributed by atoms with van der Waals surface area (Å²) in [5.74, 6) is -0.405. The molecule has 0 atom stereocenters. The van der Waals surface area contributed by atoms with Crippen LogP contribution in [0.2, 0.25) is 0 Å². The fraction of sp³-hybridized carbons (Fsp3) is 0.300. The number of aromatic amines is 1. The first-order valence-electron chi connectivity index (χ1n) is 9.57. The van der Waals surface area contributed by atoms with E-state index in [1.54, 1.807) is 4.90 Å². The third-order valence-electron chi connectivity index (χ3n) is 5.00. The number of carbonyl (C=O) groups is 1. The Labute approximate surface area is 173 Å². The lowest BCUT2D eigenvalue weighted by molar-refractivity contribution is 0.0725. The number of hydrogen-bond acceptors (Lipinski definition) is 5. The van der Waals surface area contributed by atoms with Crippen LogP contribution in [0.15, 0.2) is 45.8 Å². The molecule has 2 N–H and O–H groups in total. The molecule has 8 nitrogen and oxygen atoms in total. The van der Waals surface area contributed by atoms with Gasteiger partial charge in [-0.3, -0.25) is 14.6 Å². The topological polar surface area (TPSA) is 108 Å². The van der Waals surface area contributed by atoms with Gasteiger partial charge in [-0.1, -0.05) is 6.07 Å². The Morgan fingerprint density at radius 1 is 1.23 bits per heavy atom. The molecule has 158 valence electrons. The van der Waals surface area contributed by atoms with Gasteiger partial charge in [0.1, 0.15) is 22.2 Å². The molecular formula is C20H21FN4O4S. The molecule has 1 saturated heterocycles. The van der Waals surface area contributed by atoms with Crippen LogP contribution in [0.5, 0.6) is 0 Å². The quantitative estimate of drug-likeness (QED) is 0.641. The van der Waals surface area contributed by atoms with Crippen molar-refractivity contribution in [3.8, 4) is 11.5 Å². The fourth-order valence-corrected chi connectivity index (χ4v) is 4.75. The van der Waals surface area contributed by atoms with Gasteiger partial charge in [-0.05, 0) is 44.4 Å². The van der Waals surface area contributed by atoms with Crippen molar-refractivity contribution in [1.82, 2.24) is 15.1 Å². The first-order chi connectivity index (χ1) is 14.3. The minimum absolute atomic E-state index is 0.0969. The summed E-state index contributed by atoms with van der Waals surface area (Å²) in [7, 11) is -4.02. The molecular weight excluding hydrogens is 411 g/mol. The normalized spacial score (nSPS) is 14.7. The maximum absolute atomic E-state index is 13.4. The molecule has 0 spiro atoms. The van der Waals surface area contributed by atoms with Gasteiger partial charge in [-0.2, -0.15) is 5.10 Å². The Morgan fingerprint density at radius 2 is 2.00 bits per heavy atom. The van der Waals surface area contributed by atoms with Gasteiger partial charge in [-0.25, -0.2) is 12.8 Å². The Morgan fingerprint density at radius 3 is 2.73 bits per heavy atom. The largest absolute Gasteiger partial charge is 0.458 e. The van der Waals surface area contributed by atoms with Crippen molar-refractivity contribution >= 4 is 21.6 Å². The Kier molecular flexibility index (Phi) is 5.33. The number of aryl methyl sites for hydroxylation is 1. The molecule has 30 heavy (non-hydrogen) atoms. The summed E-state index contributed by atoms with van der Waals surface area (Å²) in [6.07, 6.45) is 4.42. The average Bonchev–Trinajstić information content (AvgIpc) is 3.34. The second-order valence-electron chi connectivity index (χ2n) is 7.16. The van der Waals surface area contributed by atoms with Crippen molar-refractivity contribution in [3.05, 3.63) is 53.7 Å². The summed E-state index contributed by atoms with van der Waals surface area (Å²) in [6.45, 7) is 2.86. The fourth-order valence-electron chi connectivity index (χ4n) is 3.52. The van der Waals surface area contributed by atoms with Crippen LogP contribution >= 0.6 is 0 Å². The van der Waals surface area contributed by atoms with Gasteiger partial charge in [0.25, 0.3) is 15.9 Å². The highest BCUT2D eigenvalue weighted by atomic mass is 32.2. The Balaban J connectivity index is 1.63. The van der Waals surface area contributed by atoms with E-state index in [1.807, 2.05) is 0 Å². The highest BCUT2D eigenvalue weighted by Gasteiger charge is 2.27. The van der Waals surface area contributed by atoms with Gasteiger partial charge in [0.2, 0.25) is 0 Å². The van der Waals surface area contributed by atoms with Crippen LogP contribution < -0.4 is 4.72 Å². The maximum Gasteiger partial charge on any atom is 0.265 e. The molecule has 1 amide bonds. The number of likely N-dealkylation sites (tertiary alicyclic amines) is 1. The molecule has 3 aromatic rings. The maximum atomic E-state index is 13.4. The van der Waals surface area contributed by atoms with Gasteiger partial charge >= 0.3 is 0 Å². The summed E-state index contributed by atoms with van der Waals surface area (Å²) < 4.78 is 46.9. The number of sulfonamides is 1. The number of nitrogens with one attached hydrogen (secondary N) is 2. The van der Waals surface area contributed by atoms with Crippen LogP contribution in [0.1, 0.15) is 35.4 Å². The predicted octanol–water partition coefficient (Wildman–Crippen LogP) is 3.54. The third kappa shape index (κ3) is 3.95. The number of rotatable bonds is 5. The number of hydrogen-bond donors (Lipinski definition) is 2. The first kappa shape index (κ1) is 20.1. The predicted molar refractivity (Wildman–Crippen MR) is 108 cm³/mol. The van der Waals surface area contributed by atoms with Gasteiger partial charge in [0.05, 0.1) is 17.4 Å². The molecule has 0 saturated carbocycles. The summed E-state index contributed by atoms with van der Waals surface area (Å²) in [5.41, 5.74) is 0.744. The number of carbonyl (C=O) groups excluding carboxylic acids is 1. The molecule has 10 heteroatoms. The minimum atomic E-state index is -4.02. The average molecular weight is 432 g/mol. The second-order valence-corrected chi connectivity index (χ2v) is 8.81. The smallest absolute Gasteiger partial charge is 0.265 e. The van der Waals surface area contributed by atoms with Gasteiger partial charge < -0.3 is 9.32 Å². The lowest BCUT2D eigenvalue weighted by Crippen LogP contribution is -2.35. The molecule has 0 unspecified atom stereocenters. The van der Waals surface area contributed by atoms with E-state index in [0.29, 0.717) is 24.3 Å². The molecule has 1 aliphatic rings. The monoisotopic (exact) mass is 432 g/mol. The number of H-pyrrole nitrogens is 1. The number of furan rings is 1. The van der Waals surface area contributed by atoms with E-state index >= 15 is 0 Å². The zero-order chi connectivity index (χ0) is 21.3. The Hall–Kier alpha value is -3.14. The lowest BCUT2D eigenvalue weighted by atomic mass is 10.1. The van der Waals surface area contributed by atoms with Crippen molar-refractivity contribution in [1.29, 1.82) is 0 Å². The number of piperidine rings is 1. The summed E-state index contributed by atoms with van der Waals surface area (Å²) in [5, 5.41) is 6.69. The van der Waals surface area contributed by atoms with Gasteiger partial charge in [-0.15, -0.1) is 0 Å². The molecule has 3 heterocycles. The summed E-state index contributed by atoms with van der Waals surface area (Å²) in [4.78, 5) is 14.5. The third-order valence-corrected chi connectivity index (χ3v) is 6.49. The minimum Gasteiger partial charge on any atom is -0.458 e. The van der Waals surface area contributed by atoms with Crippen LogP contribution in [-0.2, 0) is 10.0 Å². The van der Waals surface area contributed by atoms with E-state index in [9.17, 15) is 17.6 Å². The number of benzene rings is 1. The molecule has 4 rings (SSSR count). The van der Waals surface area contributed by atoms with Crippen LogP contribution in [0.4, 0.5) is 10.1 Å². The molecule has 1 aliphatic heterocycles. The molecule has 0 radical (unpaired) electrons. The highest BCUT2D eigenvalue weighted by Crippen LogP contribution is 2.31. The van der Waals surface area contributed by atoms with E-state index in [0.717, 1.165) is 25.3 Å². The standard InChI is InChI=1S/C20H21FN4O4S/c1-13-18(30(27,28)24-15-7-5-6-14(21)10-15)11-17(29-13)19-16(12-22-23-19)20(26)25-8-3-2-4-9-25/h5-7,10-12,24H,2-4,8-9H2,1H3,(H,22,23). The van der Waals surface area contributed by atoms with E-state index in [4.69, 9.17) is 4.42 Å². The van der Waals surface area contributed by atoms with Crippen LogP contribution in [0.25, 0.3) is 11.5 Å². The second kappa shape index (κ2) is 7.94. The number of anilines is 1.